The molecule has 5 fully saturated rings. The first-order valence-corrected chi connectivity index (χ1v) is 10.6. The van der Waals surface area contributed by atoms with Gasteiger partial charge in [-0.15, -0.1) is 0 Å². The van der Waals surface area contributed by atoms with Crippen LogP contribution in [0.2, 0.25) is 0 Å². The van der Waals surface area contributed by atoms with Crippen LogP contribution in [0.1, 0.15) is 44.1 Å². The second kappa shape index (κ2) is 6.69. The van der Waals surface area contributed by atoms with Gasteiger partial charge in [-0.2, -0.15) is 0 Å². The number of rotatable bonds is 3. The van der Waals surface area contributed by atoms with Crippen molar-refractivity contribution in [2.45, 2.75) is 50.6 Å². The van der Waals surface area contributed by atoms with Crippen LogP contribution in [0.4, 0.5) is 4.79 Å². The molecule has 6 rings (SSSR count). The van der Waals surface area contributed by atoms with Crippen LogP contribution in [-0.2, 0) is 6.54 Å². The normalized spacial score (nSPS) is 35.4. The van der Waals surface area contributed by atoms with Crippen molar-refractivity contribution >= 4 is 6.03 Å². The molecule has 4 aliphatic carbocycles. The SMILES string of the molecule is O=C(NC12CC3CC(CC(C3)C1)C2)N1CCN(Cc2cccc(O)c2)CC1. The summed E-state index contributed by atoms with van der Waals surface area (Å²) in [6.45, 7) is 4.20. The largest absolute Gasteiger partial charge is 0.508 e. The van der Waals surface area contributed by atoms with Gasteiger partial charge in [0, 0.05) is 38.3 Å². The van der Waals surface area contributed by atoms with E-state index in [1.807, 2.05) is 23.1 Å². The third-order valence-electron chi connectivity index (χ3n) is 7.39. The molecule has 2 N–H and O–H groups in total. The van der Waals surface area contributed by atoms with E-state index in [1.165, 1.54) is 38.5 Å². The number of phenols is 1. The lowest BCUT2D eigenvalue weighted by Crippen LogP contribution is -2.63. The Morgan fingerprint density at radius 2 is 1.67 bits per heavy atom. The van der Waals surface area contributed by atoms with Gasteiger partial charge in [-0.05, 0) is 74.0 Å². The van der Waals surface area contributed by atoms with Crippen LogP contribution in [0.3, 0.4) is 0 Å². The van der Waals surface area contributed by atoms with E-state index in [-0.39, 0.29) is 11.6 Å². The quantitative estimate of drug-likeness (QED) is 0.860. The number of hydrogen-bond acceptors (Lipinski definition) is 3. The van der Waals surface area contributed by atoms with Crippen LogP contribution in [0.5, 0.6) is 5.75 Å². The van der Waals surface area contributed by atoms with Gasteiger partial charge in [-0.1, -0.05) is 12.1 Å². The smallest absolute Gasteiger partial charge is 0.317 e. The maximum atomic E-state index is 13.0. The first-order chi connectivity index (χ1) is 13.1. The summed E-state index contributed by atoms with van der Waals surface area (Å²) < 4.78 is 0. The van der Waals surface area contributed by atoms with E-state index in [0.717, 1.165) is 56.0 Å². The second-order valence-electron chi connectivity index (χ2n) is 9.56. The average Bonchev–Trinajstić information content (AvgIpc) is 2.61. The van der Waals surface area contributed by atoms with Gasteiger partial charge >= 0.3 is 6.03 Å². The number of carbonyl (C=O) groups excluding carboxylic acids is 1. The molecular formula is C22H31N3O2. The van der Waals surface area contributed by atoms with E-state index in [2.05, 4.69) is 10.2 Å². The van der Waals surface area contributed by atoms with Crippen molar-refractivity contribution in [1.82, 2.24) is 15.1 Å². The maximum absolute atomic E-state index is 13.0. The Kier molecular flexibility index (Phi) is 4.30. The van der Waals surface area contributed by atoms with Gasteiger partial charge in [0.15, 0.2) is 0 Å². The summed E-state index contributed by atoms with van der Waals surface area (Å²) in [5.41, 5.74) is 1.23. The molecule has 2 amide bonds. The highest BCUT2D eigenvalue weighted by Gasteiger charge is 2.51. The molecule has 5 nitrogen and oxygen atoms in total. The van der Waals surface area contributed by atoms with E-state index in [0.29, 0.717) is 5.75 Å². The van der Waals surface area contributed by atoms with Crippen molar-refractivity contribution in [2.24, 2.45) is 17.8 Å². The predicted octanol–water partition coefficient (Wildman–Crippen LogP) is 3.19. The summed E-state index contributed by atoms with van der Waals surface area (Å²) >= 11 is 0. The topological polar surface area (TPSA) is 55.8 Å². The number of nitrogens with zero attached hydrogens (tertiary/aromatic N) is 2. The molecule has 4 saturated carbocycles. The summed E-state index contributed by atoms with van der Waals surface area (Å²) in [7, 11) is 0. The number of benzene rings is 1. The Morgan fingerprint density at radius 3 is 2.26 bits per heavy atom. The Hall–Kier alpha value is -1.75. The first-order valence-electron chi connectivity index (χ1n) is 10.6. The van der Waals surface area contributed by atoms with Crippen molar-refractivity contribution in [3.8, 4) is 5.75 Å². The minimum atomic E-state index is 0.102. The van der Waals surface area contributed by atoms with E-state index in [4.69, 9.17) is 0 Å². The predicted molar refractivity (Wildman–Crippen MR) is 104 cm³/mol. The van der Waals surface area contributed by atoms with Crippen LogP contribution in [0.25, 0.3) is 0 Å². The lowest BCUT2D eigenvalue weighted by atomic mass is 9.53. The van der Waals surface area contributed by atoms with E-state index in [1.54, 1.807) is 6.07 Å². The highest BCUT2D eigenvalue weighted by molar-refractivity contribution is 5.75. The fourth-order valence-electron chi connectivity index (χ4n) is 6.59. The molecule has 1 aromatic carbocycles. The van der Waals surface area contributed by atoms with Crippen molar-refractivity contribution in [3.05, 3.63) is 29.8 Å². The Morgan fingerprint density at radius 1 is 1.04 bits per heavy atom. The molecule has 4 bridgehead atoms. The van der Waals surface area contributed by atoms with Gasteiger partial charge < -0.3 is 15.3 Å². The Labute approximate surface area is 161 Å². The zero-order valence-corrected chi connectivity index (χ0v) is 16.1. The summed E-state index contributed by atoms with van der Waals surface area (Å²) in [6, 6.07) is 7.63. The fourth-order valence-corrected chi connectivity index (χ4v) is 6.59. The minimum Gasteiger partial charge on any atom is -0.508 e. The zero-order chi connectivity index (χ0) is 18.4. The summed E-state index contributed by atoms with van der Waals surface area (Å²) in [5, 5.41) is 13.1. The molecule has 0 unspecified atom stereocenters. The minimum absolute atomic E-state index is 0.102. The molecule has 1 aromatic rings. The lowest BCUT2D eigenvalue weighted by Gasteiger charge is -2.57. The zero-order valence-electron chi connectivity index (χ0n) is 16.1. The van der Waals surface area contributed by atoms with E-state index < -0.39 is 0 Å². The number of amides is 2. The van der Waals surface area contributed by atoms with Gasteiger partial charge in [0.25, 0.3) is 0 Å². The number of urea groups is 1. The van der Waals surface area contributed by atoms with Gasteiger partial charge in [0.05, 0.1) is 0 Å². The monoisotopic (exact) mass is 369 g/mol. The van der Waals surface area contributed by atoms with Gasteiger partial charge in [-0.25, -0.2) is 4.79 Å². The molecule has 5 aliphatic rings. The highest BCUT2D eigenvalue weighted by atomic mass is 16.3. The molecule has 0 spiro atoms. The molecular weight excluding hydrogens is 338 g/mol. The molecule has 146 valence electrons. The Bertz CT molecular complexity index is 676. The van der Waals surface area contributed by atoms with Crippen LogP contribution in [-0.4, -0.2) is 52.7 Å². The number of hydrogen-bond donors (Lipinski definition) is 2. The van der Waals surface area contributed by atoms with Gasteiger partial charge in [-0.3, -0.25) is 4.90 Å². The number of aromatic hydroxyl groups is 1. The maximum Gasteiger partial charge on any atom is 0.317 e. The van der Waals surface area contributed by atoms with Gasteiger partial charge in [0.2, 0.25) is 0 Å². The van der Waals surface area contributed by atoms with Crippen molar-refractivity contribution < 1.29 is 9.90 Å². The van der Waals surface area contributed by atoms with Crippen LogP contribution >= 0.6 is 0 Å². The summed E-state index contributed by atoms with van der Waals surface area (Å²) in [5.74, 6) is 2.89. The molecule has 0 atom stereocenters. The lowest BCUT2D eigenvalue weighted by molar-refractivity contribution is -0.0165. The van der Waals surface area contributed by atoms with Crippen LogP contribution in [0.15, 0.2) is 24.3 Å². The average molecular weight is 370 g/mol. The molecule has 1 saturated heterocycles. The van der Waals surface area contributed by atoms with Crippen LogP contribution in [0, 0.1) is 17.8 Å². The number of phenolic OH excluding ortho intramolecular Hbond substituents is 1. The molecule has 0 radical (unpaired) electrons. The fraction of sp³-hybridized carbons (Fsp3) is 0.682. The number of carbonyl (C=O) groups is 1. The van der Waals surface area contributed by atoms with Gasteiger partial charge in [0.1, 0.15) is 5.75 Å². The van der Waals surface area contributed by atoms with Crippen molar-refractivity contribution in [2.75, 3.05) is 26.2 Å². The van der Waals surface area contributed by atoms with Crippen LogP contribution < -0.4 is 5.32 Å². The van der Waals surface area contributed by atoms with E-state index in [9.17, 15) is 9.90 Å². The summed E-state index contributed by atoms with van der Waals surface area (Å²) in [6.07, 6.45) is 7.85. The Balaban J connectivity index is 1.15. The third kappa shape index (κ3) is 3.54. The standard InChI is InChI=1S/C22H31N3O2/c26-20-3-1-2-16(11-20)15-24-4-6-25(7-5-24)21(27)23-22-12-17-8-18(13-22)10-19(9-17)14-22/h1-3,11,17-19,26H,4-10,12-15H2,(H,23,27). The third-order valence-corrected chi connectivity index (χ3v) is 7.39. The highest BCUT2D eigenvalue weighted by Crippen LogP contribution is 2.55. The summed E-state index contributed by atoms with van der Waals surface area (Å²) in [4.78, 5) is 17.3. The first kappa shape index (κ1) is 17.4. The molecule has 27 heavy (non-hydrogen) atoms. The van der Waals surface area contributed by atoms with Crippen molar-refractivity contribution in [3.63, 3.8) is 0 Å². The molecule has 0 aromatic heterocycles. The molecule has 5 heteroatoms. The van der Waals surface area contributed by atoms with E-state index >= 15 is 0 Å². The number of nitrogens with one attached hydrogen (secondary N) is 1. The second-order valence-corrected chi connectivity index (χ2v) is 9.56. The molecule has 1 aliphatic heterocycles. The number of piperazine rings is 1. The molecule has 1 heterocycles. The van der Waals surface area contributed by atoms with Crippen molar-refractivity contribution in [1.29, 1.82) is 0 Å².